The highest BCUT2D eigenvalue weighted by Gasteiger charge is 2.59. The number of hydrogen-bond acceptors (Lipinski definition) is 5. The maximum Gasteiger partial charge on any atom is 0.328 e. The summed E-state index contributed by atoms with van der Waals surface area (Å²) in [6.45, 7) is 1.14. The SMILES string of the molecule is COC(=O)[C@H](C)NC(=O)CN1C(=O)C2C(C1=O)[C@H]1C=C[C@@H]2C1. The lowest BCUT2D eigenvalue weighted by atomic mass is 9.85. The van der Waals surface area contributed by atoms with Crippen LogP contribution in [0.15, 0.2) is 12.2 Å². The number of imide groups is 1. The van der Waals surface area contributed by atoms with Crippen LogP contribution >= 0.6 is 0 Å². The number of fused-ring (bicyclic) bond motifs is 5. The molecule has 22 heavy (non-hydrogen) atoms. The molecule has 0 aromatic heterocycles. The minimum absolute atomic E-state index is 0.119. The Balaban J connectivity index is 1.65. The Bertz CT molecular complexity index is 554. The molecule has 0 aromatic carbocycles. The van der Waals surface area contributed by atoms with Gasteiger partial charge in [0.05, 0.1) is 18.9 Å². The van der Waals surface area contributed by atoms with Crippen molar-refractivity contribution in [1.82, 2.24) is 10.2 Å². The third-order valence-electron chi connectivity index (χ3n) is 4.80. The normalized spacial score (nSPS) is 33.1. The lowest BCUT2D eigenvalue weighted by Gasteiger charge is -2.18. The number of hydrogen-bond donors (Lipinski definition) is 1. The second kappa shape index (κ2) is 5.23. The molecule has 0 radical (unpaired) electrons. The number of nitrogens with one attached hydrogen (secondary N) is 1. The summed E-state index contributed by atoms with van der Waals surface area (Å²) in [5.41, 5.74) is 0. The maximum atomic E-state index is 12.4. The zero-order valence-corrected chi connectivity index (χ0v) is 12.4. The summed E-state index contributed by atoms with van der Waals surface area (Å²) in [7, 11) is 1.22. The first-order valence-corrected chi connectivity index (χ1v) is 7.34. The van der Waals surface area contributed by atoms with Crippen molar-refractivity contribution >= 4 is 23.7 Å². The van der Waals surface area contributed by atoms with Crippen molar-refractivity contribution in [3.63, 3.8) is 0 Å². The van der Waals surface area contributed by atoms with Crippen LogP contribution < -0.4 is 5.32 Å². The van der Waals surface area contributed by atoms with Gasteiger partial charge in [-0.25, -0.2) is 4.79 Å². The van der Waals surface area contributed by atoms with E-state index in [0.29, 0.717) is 0 Å². The summed E-state index contributed by atoms with van der Waals surface area (Å²) in [4.78, 5) is 49.0. The van der Waals surface area contributed by atoms with Crippen molar-refractivity contribution in [1.29, 1.82) is 0 Å². The average molecular weight is 306 g/mol. The fourth-order valence-electron chi connectivity index (χ4n) is 3.79. The molecule has 0 aromatic rings. The zero-order valence-electron chi connectivity index (χ0n) is 12.4. The molecule has 0 spiro atoms. The van der Waals surface area contributed by atoms with Gasteiger partial charge in [-0.05, 0) is 25.2 Å². The van der Waals surface area contributed by atoms with Gasteiger partial charge in [-0.1, -0.05) is 12.2 Å². The number of methoxy groups -OCH3 is 1. The second-order valence-electron chi connectivity index (χ2n) is 6.07. The molecule has 118 valence electrons. The topological polar surface area (TPSA) is 92.8 Å². The summed E-state index contributed by atoms with van der Waals surface area (Å²) >= 11 is 0. The molecular weight excluding hydrogens is 288 g/mol. The smallest absolute Gasteiger partial charge is 0.328 e. The van der Waals surface area contributed by atoms with Crippen LogP contribution in [-0.4, -0.2) is 48.3 Å². The van der Waals surface area contributed by atoms with Gasteiger partial charge in [0.25, 0.3) is 0 Å². The molecule has 2 fully saturated rings. The highest BCUT2D eigenvalue weighted by molar-refractivity contribution is 6.08. The Morgan fingerprint density at radius 3 is 2.32 bits per heavy atom. The molecule has 7 heteroatoms. The minimum atomic E-state index is -0.817. The van der Waals surface area contributed by atoms with E-state index in [1.165, 1.54) is 14.0 Å². The Morgan fingerprint density at radius 1 is 1.27 bits per heavy atom. The number of ether oxygens (including phenoxy) is 1. The van der Waals surface area contributed by atoms with Gasteiger partial charge in [0.1, 0.15) is 12.6 Å². The highest BCUT2D eigenvalue weighted by Crippen LogP contribution is 2.52. The molecule has 2 unspecified atom stereocenters. The van der Waals surface area contributed by atoms with Crippen molar-refractivity contribution < 1.29 is 23.9 Å². The Labute approximate surface area is 127 Å². The van der Waals surface area contributed by atoms with Crippen LogP contribution in [0.2, 0.25) is 0 Å². The predicted molar refractivity (Wildman–Crippen MR) is 74.1 cm³/mol. The predicted octanol–water partition coefficient (Wildman–Crippen LogP) is -0.529. The van der Waals surface area contributed by atoms with Gasteiger partial charge in [0, 0.05) is 0 Å². The van der Waals surface area contributed by atoms with Crippen LogP contribution in [0.3, 0.4) is 0 Å². The van der Waals surface area contributed by atoms with Gasteiger partial charge in [-0.2, -0.15) is 0 Å². The summed E-state index contributed by atoms with van der Waals surface area (Å²) in [5.74, 6) is -2.05. The molecule has 2 bridgehead atoms. The largest absolute Gasteiger partial charge is 0.467 e. The quantitative estimate of drug-likeness (QED) is 0.428. The van der Waals surface area contributed by atoms with Crippen molar-refractivity contribution in [3.8, 4) is 0 Å². The molecule has 1 saturated heterocycles. The summed E-state index contributed by atoms with van der Waals surface area (Å²) in [6.07, 6.45) is 4.85. The number of likely N-dealkylation sites (tertiary alicyclic amines) is 1. The van der Waals surface area contributed by atoms with Gasteiger partial charge in [-0.15, -0.1) is 0 Å². The number of carbonyl (C=O) groups is 4. The van der Waals surface area contributed by atoms with Crippen molar-refractivity contribution in [3.05, 3.63) is 12.2 Å². The number of carbonyl (C=O) groups excluding carboxylic acids is 4. The average Bonchev–Trinajstić information content (AvgIpc) is 3.16. The minimum Gasteiger partial charge on any atom is -0.467 e. The number of nitrogens with zero attached hydrogens (tertiary/aromatic N) is 1. The highest BCUT2D eigenvalue weighted by atomic mass is 16.5. The van der Waals surface area contributed by atoms with E-state index in [9.17, 15) is 19.2 Å². The van der Waals surface area contributed by atoms with E-state index in [0.717, 1.165) is 11.3 Å². The Kier molecular flexibility index (Phi) is 3.50. The van der Waals surface area contributed by atoms with Gasteiger partial charge >= 0.3 is 5.97 Å². The first kappa shape index (κ1) is 14.7. The fourth-order valence-corrected chi connectivity index (χ4v) is 3.79. The van der Waals surface area contributed by atoms with Gasteiger partial charge < -0.3 is 10.1 Å². The molecule has 5 atom stereocenters. The maximum absolute atomic E-state index is 12.4. The number of allylic oxidation sites excluding steroid dienone is 2. The lowest BCUT2D eigenvalue weighted by molar-refractivity contribution is -0.146. The van der Waals surface area contributed by atoms with Gasteiger partial charge in [0.2, 0.25) is 17.7 Å². The molecule has 7 nitrogen and oxygen atoms in total. The molecule has 1 saturated carbocycles. The van der Waals surface area contributed by atoms with E-state index in [-0.39, 0.29) is 42.0 Å². The second-order valence-corrected chi connectivity index (χ2v) is 6.07. The van der Waals surface area contributed by atoms with Crippen LogP contribution in [0.5, 0.6) is 0 Å². The summed E-state index contributed by atoms with van der Waals surface area (Å²) in [5, 5.41) is 2.43. The number of esters is 1. The van der Waals surface area contributed by atoms with Gasteiger partial charge in [0.15, 0.2) is 0 Å². The summed E-state index contributed by atoms with van der Waals surface area (Å²) < 4.78 is 4.51. The van der Waals surface area contributed by atoms with Crippen LogP contribution in [-0.2, 0) is 23.9 Å². The third kappa shape index (κ3) is 2.12. The lowest BCUT2D eigenvalue weighted by Crippen LogP contribution is -2.46. The molecule has 2 aliphatic carbocycles. The molecule has 3 rings (SSSR count). The van der Waals surface area contributed by atoms with E-state index in [2.05, 4.69) is 10.1 Å². The van der Waals surface area contributed by atoms with E-state index in [4.69, 9.17) is 0 Å². The summed E-state index contributed by atoms with van der Waals surface area (Å²) in [6, 6.07) is -0.817. The van der Waals surface area contributed by atoms with Crippen molar-refractivity contribution in [2.75, 3.05) is 13.7 Å². The first-order chi connectivity index (χ1) is 10.4. The van der Waals surface area contributed by atoms with E-state index >= 15 is 0 Å². The Morgan fingerprint density at radius 2 is 1.82 bits per heavy atom. The van der Waals surface area contributed by atoms with Crippen molar-refractivity contribution in [2.24, 2.45) is 23.7 Å². The molecule has 1 heterocycles. The first-order valence-electron chi connectivity index (χ1n) is 7.34. The van der Waals surface area contributed by atoms with Crippen LogP contribution in [0.25, 0.3) is 0 Å². The molecule has 1 N–H and O–H groups in total. The van der Waals surface area contributed by atoms with Crippen LogP contribution in [0.4, 0.5) is 0 Å². The Hall–Kier alpha value is -2.18. The monoisotopic (exact) mass is 306 g/mol. The fraction of sp³-hybridized carbons (Fsp3) is 0.600. The van der Waals surface area contributed by atoms with Gasteiger partial charge in [-0.3, -0.25) is 19.3 Å². The molecule has 1 aliphatic heterocycles. The van der Waals surface area contributed by atoms with E-state index < -0.39 is 17.9 Å². The van der Waals surface area contributed by atoms with Crippen molar-refractivity contribution in [2.45, 2.75) is 19.4 Å². The molecule has 3 aliphatic rings. The van der Waals surface area contributed by atoms with Crippen LogP contribution in [0.1, 0.15) is 13.3 Å². The molecular formula is C15H18N2O5. The van der Waals surface area contributed by atoms with Crippen LogP contribution in [0, 0.1) is 23.7 Å². The third-order valence-corrected chi connectivity index (χ3v) is 4.80. The standard InChI is InChI=1S/C15H18N2O5/c1-7(15(21)22-2)16-10(18)6-17-13(19)11-8-3-4-9(5-8)12(11)14(17)20/h3-4,7-9,11-12H,5-6H2,1-2H3,(H,16,18)/t7-,8-,9+,11?,12?/m0/s1. The number of rotatable bonds is 4. The van der Waals surface area contributed by atoms with E-state index in [1.807, 2.05) is 12.2 Å². The molecule has 3 amide bonds. The number of amides is 3. The van der Waals surface area contributed by atoms with E-state index in [1.54, 1.807) is 0 Å². The zero-order chi connectivity index (χ0) is 16.0.